The number of halogens is 1. The van der Waals surface area contributed by atoms with E-state index in [0.29, 0.717) is 23.9 Å². The van der Waals surface area contributed by atoms with Gasteiger partial charge >= 0.3 is 166 Å². The number of nitrogens with one attached hydrogen (secondary N) is 1. The van der Waals surface area contributed by atoms with Crippen molar-refractivity contribution in [3.8, 4) is 17.4 Å². The number of fused-ring (bicyclic) bond motifs is 2. The van der Waals surface area contributed by atoms with Crippen LogP contribution in [0.1, 0.15) is 23.7 Å². The van der Waals surface area contributed by atoms with E-state index in [1.165, 1.54) is 6.20 Å². The molecule has 0 radical (unpaired) electrons. The van der Waals surface area contributed by atoms with Crippen molar-refractivity contribution < 1.29 is 40.3 Å². The van der Waals surface area contributed by atoms with Crippen LogP contribution < -0.4 is 40.9 Å². The molecule has 1 aromatic heterocycles. The predicted octanol–water partition coefficient (Wildman–Crippen LogP) is -1.31. The van der Waals surface area contributed by atoms with Crippen LogP contribution in [0.5, 0.6) is 17.4 Å². The van der Waals surface area contributed by atoms with Crippen molar-refractivity contribution in [2.75, 3.05) is 16.4 Å². The Morgan fingerprint density at radius 2 is 2.19 bits per heavy atom. The maximum absolute atomic E-state index is 12.5. The summed E-state index contributed by atoms with van der Waals surface area (Å²) in [7, 11) is 0. The first kappa shape index (κ1) is 16.7. The first-order valence-electron chi connectivity index (χ1n) is 8.39. The fourth-order valence-electron chi connectivity index (χ4n) is 3.77. The van der Waals surface area contributed by atoms with E-state index in [4.69, 9.17) is 9.47 Å². The number of carbonyl (C=O) groups is 2. The van der Waals surface area contributed by atoms with E-state index in [2.05, 4.69) is 15.3 Å². The number of anilines is 1. The molecule has 1 aromatic carbocycles. The Labute approximate surface area is 165 Å². The number of urea groups is 1. The molecule has 1 unspecified atom stereocenters. The van der Waals surface area contributed by atoms with Gasteiger partial charge in [-0.1, -0.05) is 0 Å². The molecule has 3 amide bonds. The van der Waals surface area contributed by atoms with E-state index >= 15 is 0 Å². The molecule has 0 saturated carbocycles. The van der Waals surface area contributed by atoms with Gasteiger partial charge in [0.2, 0.25) is 0 Å². The second-order valence-electron chi connectivity index (χ2n) is 6.89. The van der Waals surface area contributed by atoms with Crippen LogP contribution in [-0.2, 0) is 10.2 Å². The van der Waals surface area contributed by atoms with E-state index in [0.717, 1.165) is 21.8 Å². The monoisotopic (exact) mass is 479 g/mol. The zero-order chi connectivity index (χ0) is 18.9. The average Bonchev–Trinajstić information content (AvgIpc) is 3.16. The van der Waals surface area contributed by atoms with Gasteiger partial charge in [0.05, 0.1) is 0 Å². The quantitative estimate of drug-likeness (QED) is 0.249. The number of aryl methyl sites for hydroxylation is 1. The third-order valence-corrected chi connectivity index (χ3v) is 7.26. The molecule has 3 aliphatic rings. The van der Waals surface area contributed by atoms with Gasteiger partial charge in [0.1, 0.15) is 0 Å². The molecule has 2 aromatic rings. The molecule has 9 heteroatoms. The fraction of sp³-hybridized carbons (Fsp3) is 0.333. The van der Waals surface area contributed by atoms with Crippen LogP contribution in [-0.4, -0.2) is 37.5 Å². The number of hydrogen-bond donors (Lipinski definition) is 1. The van der Waals surface area contributed by atoms with Crippen LogP contribution >= 0.6 is 0 Å². The van der Waals surface area contributed by atoms with E-state index in [1.54, 1.807) is 0 Å². The molecule has 0 spiro atoms. The molecule has 1 saturated heterocycles. The van der Waals surface area contributed by atoms with Crippen molar-refractivity contribution in [2.45, 2.75) is 23.3 Å². The minimum atomic E-state index is -0.552. The van der Waals surface area contributed by atoms with Gasteiger partial charge in [-0.2, -0.15) is 0 Å². The van der Waals surface area contributed by atoms with Crippen LogP contribution in [0, 0.1) is 6.92 Å². The number of aromatic nitrogens is 2. The molecular weight excluding hydrogens is 463 g/mol. The summed E-state index contributed by atoms with van der Waals surface area (Å²) in [5.74, 6) is 1.83. The Balaban J connectivity index is 1.64. The van der Waals surface area contributed by atoms with E-state index < -0.39 is 36.7 Å². The van der Waals surface area contributed by atoms with Gasteiger partial charge in [-0.05, 0) is 0 Å². The first-order chi connectivity index (χ1) is 12.9. The molecule has 1 fully saturated rings. The van der Waals surface area contributed by atoms with Crippen LogP contribution in [0.3, 0.4) is 0 Å². The summed E-state index contributed by atoms with van der Waals surface area (Å²) in [6.07, 6.45) is 1.41. The second-order valence-corrected chi connectivity index (χ2v) is 9.38. The summed E-state index contributed by atoms with van der Waals surface area (Å²) < 4.78 is 11.5. The predicted molar refractivity (Wildman–Crippen MR) is 91.0 cm³/mol. The number of hydrogen-bond acceptors (Lipinski definition) is 6. The molecule has 3 aliphatic heterocycles. The standard InChI is InChI=1S/C18H16IN4O4/c1-8-4-5-9-11-12(8)26-7-18(11,2)13-15(27-9)20-6-10(21-13)23-16(24)14(19-3)22-17(23)25/h4-6,14H,7H2,1-3H3,(H,22,25)/q-1/t14-,18?/m0/s1. The second kappa shape index (κ2) is 5.54. The summed E-state index contributed by atoms with van der Waals surface area (Å²) in [5, 5.41) is 2.71. The third kappa shape index (κ3) is 2.14. The van der Waals surface area contributed by atoms with Gasteiger partial charge in [0.25, 0.3) is 0 Å². The van der Waals surface area contributed by atoms with Crippen LogP contribution in [0.25, 0.3) is 0 Å². The first-order valence-corrected chi connectivity index (χ1v) is 11.8. The third-order valence-electron chi connectivity index (χ3n) is 5.17. The molecule has 0 bridgehead atoms. The van der Waals surface area contributed by atoms with Crippen LogP contribution in [0.4, 0.5) is 10.6 Å². The van der Waals surface area contributed by atoms with Crippen molar-refractivity contribution in [1.29, 1.82) is 0 Å². The van der Waals surface area contributed by atoms with E-state index in [1.807, 2.05) is 30.9 Å². The Morgan fingerprint density at radius 3 is 2.93 bits per heavy atom. The molecule has 4 heterocycles. The number of carbonyl (C=O) groups excluding carboxylic acids is 2. The van der Waals surface area contributed by atoms with E-state index in [9.17, 15) is 9.59 Å². The summed E-state index contributed by atoms with van der Waals surface area (Å²) in [5.41, 5.74) is 1.99. The Hall–Kier alpha value is -2.43. The van der Waals surface area contributed by atoms with Gasteiger partial charge in [-0.15, -0.1) is 0 Å². The van der Waals surface area contributed by atoms with Crippen molar-refractivity contribution in [2.24, 2.45) is 0 Å². The van der Waals surface area contributed by atoms with Gasteiger partial charge in [0, 0.05) is 0 Å². The Bertz CT molecular complexity index is 1030. The molecule has 5 rings (SSSR count). The minimum absolute atomic E-state index is 0.214. The van der Waals surface area contributed by atoms with Crippen molar-refractivity contribution >= 4 is 17.8 Å². The van der Waals surface area contributed by atoms with E-state index in [-0.39, 0.29) is 11.7 Å². The van der Waals surface area contributed by atoms with Gasteiger partial charge in [-0.3, -0.25) is 0 Å². The molecule has 0 aliphatic carbocycles. The van der Waals surface area contributed by atoms with Gasteiger partial charge in [-0.25, -0.2) is 0 Å². The number of imide groups is 1. The maximum atomic E-state index is 12.5. The zero-order valence-corrected chi connectivity index (χ0v) is 17.0. The van der Waals surface area contributed by atoms with Crippen molar-refractivity contribution in [3.63, 3.8) is 0 Å². The SMILES string of the molecule is C[I-][C@H]1NC(=O)N(c2cnc3c(n2)C2(C)COc4c(C)ccc(c42)O3)C1=O. The molecule has 2 atom stereocenters. The summed E-state index contributed by atoms with van der Waals surface area (Å²) in [6.45, 7) is 4.41. The molecule has 140 valence electrons. The van der Waals surface area contributed by atoms with Crippen LogP contribution in [0.2, 0.25) is 0 Å². The zero-order valence-electron chi connectivity index (χ0n) is 14.9. The van der Waals surface area contributed by atoms with Gasteiger partial charge < -0.3 is 0 Å². The number of alkyl halides is 2. The van der Waals surface area contributed by atoms with Gasteiger partial charge in [0.15, 0.2) is 0 Å². The van der Waals surface area contributed by atoms with Crippen molar-refractivity contribution in [1.82, 2.24) is 15.3 Å². The molecule has 27 heavy (non-hydrogen) atoms. The molecule has 8 nitrogen and oxygen atoms in total. The summed E-state index contributed by atoms with van der Waals surface area (Å²) in [6, 6.07) is 3.41. The average molecular weight is 479 g/mol. The normalized spacial score (nSPS) is 25.0. The summed E-state index contributed by atoms with van der Waals surface area (Å²) in [4.78, 5) is 36.9. The molecule has 1 N–H and O–H groups in total. The number of rotatable bonds is 2. The number of benzene rings is 1. The number of nitrogens with zero attached hydrogens (tertiary/aromatic N) is 3. The van der Waals surface area contributed by atoms with Crippen LogP contribution in [0.15, 0.2) is 18.3 Å². The summed E-state index contributed by atoms with van der Waals surface area (Å²) >= 11 is -0.462. The number of amides is 3. The van der Waals surface area contributed by atoms with Crippen molar-refractivity contribution in [3.05, 3.63) is 35.2 Å². The topological polar surface area (TPSA) is 93.7 Å². The Morgan fingerprint density at radius 1 is 1.37 bits per heavy atom. The number of ether oxygens (including phenoxy) is 2. The fourth-order valence-corrected chi connectivity index (χ4v) is 5.15. The molecular formula is C18H16IN4O4-. The Kier molecular flexibility index (Phi) is 3.43.